The molecule has 0 amide bonds. The molecule has 0 aliphatic rings. The van der Waals surface area contributed by atoms with Gasteiger partial charge in [-0.1, -0.05) is 12.1 Å². The Labute approximate surface area is 121 Å². The monoisotopic (exact) mass is 320 g/mol. The number of benzene rings is 1. The van der Waals surface area contributed by atoms with Crippen molar-refractivity contribution in [2.45, 2.75) is 18.9 Å². The fourth-order valence-corrected chi connectivity index (χ4v) is 2.10. The van der Waals surface area contributed by atoms with Gasteiger partial charge in [0.15, 0.2) is 0 Å². The fourth-order valence-electron chi connectivity index (χ4n) is 1.87. The molecule has 2 N–H and O–H groups in total. The minimum atomic E-state index is -0.0322. The third-order valence-electron chi connectivity index (χ3n) is 3.03. The van der Waals surface area contributed by atoms with Crippen molar-refractivity contribution in [1.82, 2.24) is 4.98 Å². The lowest BCUT2D eigenvalue weighted by molar-refractivity contribution is 0.414. The third-order valence-corrected chi connectivity index (χ3v) is 3.50. The molecule has 3 nitrogen and oxygen atoms in total. The molecule has 1 atom stereocenters. The average molecular weight is 321 g/mol. The topological polar surface area (TPSA) is 48.1 Å². The van der Waals surface area contributed by atoms with Crippen molar-refractivity contribution >= 4 is 15.9 Å². The second-order valence-corrected chi connectivity index (χ2v) is 5.31. The van der Waals surface area contributed by atoms with Gasteiger partial charge in [0.1, 0.15) is 5.75 Å². The van der Waals surface area contributed by atoms with E-state index in [9.17, 15) is 0 Å². The van der Waals surface area contributed by atoms with E-state index in [0.29, 0.717) is 0 Å². The Morgan fingerprint density at radius 2 is 1.95 bits per heavy atom. The number of nitrogens with zero attached hydrogens (tertiary/aromatic N) is 1. The quantitative estimate of drug-likeness (QED) is 0.917. The number of aromatic nitrogens is 1. The van der Waals surface area contributed by atoms with Gasteiger partial charge in [0.2, 0.25) is 0 Å². The van der Waals surface area contributed by atoms with Crippen LogP contribution in [0.3, 0.4) is 0 Å². The molecule has 0 aliphatic heterocycles. The van der Waals surface area contributed by atoms with Gasteiger partial charge in [-0.15, -0.1) is 0 Å². The van der Waals surface area contributed by atoms with Crippen molar-refractivity contribution < 1.29 is 4.74 Å². The Bertz CT molecular complexity index is 511. The van der Waals surface area contributed by atoms with E-state index < -0.39 is 0 Å². The molecule has 1 heterocycles. The van der Waals surface area contributed by atoms with Crippen LogP contribution >= 0.6 is 15.9 Å². The van der Waals surface area contributed by atoms with E-state index >= 15 is 0 Å². The molecular formula is C15H17BrN2O. The van der Waals surface area contributed by atoms with E-state index in [1.807, 2.05) is 24.3 Å². The lowest BCUT2D eigenvalue weighted by Crippen LogP contribution is -2.12. The summed E-state index contributed by atoms with van der Waals surface area (Å²) in [5.41, 5.74) is 8.33. The normalized spacial score (nSPS) is 12.2. The maximum Gasteiger partial charge on any atom is 0.118 e. The molecule has 4 heteroatoms. The molecule has 0 aliphatic carbocycles. The molecule has 0 spiro atoms. The van der Waals surface area contributed by atoms with Crippen LogP contribution in [0.25, 0.3) is 0 Å². The Kier molecular flexibility index (Phi) is 4.93. The fraction of sp³-hybridized carbons (Fsp3) is 0.267. The van der Waals surface area contributed by atoms with Crippen molar-refractivity contribution in [3.05, 3.63) is 58.3 Å². The summed E-state index contributed by atoms with van der Waals surface area (Å²) in [5, 5.41) is 0. The van der Waals surface area contributed by atoms with Gasteiger partial charge in [0.25, 0.3) is 0 Å². The third kappa shape index (κ3) is 4.04. The molecule has 1 aromatic carbocycles. The maximum absolute atomic E-state index is 6.15. The zero-order valence-electron chi connectivity index (χ0n) is 10.8. The van der Waals surface area contributed by atoms with Crippen molar-refractivity contribution in [3.8, 4) is 5.75 Å². The van der Waals surface area contributed by atoms with Crippen LogP contribution in [0.5, 0.6) is 5.75 Å². The lowest BCUT2D eigenvalue weighted by Gasteiger charge is -2.11. The number of rotatable bonds is 5. The zero-order chi connectivity index (χ0) is 13.7. The van der Waals surface area contributed by atoms with Gasteiger partial charge in [-0.05, 0) is 58.6 Å². The highest BCUT2D eigenvalue weighted by Crippen LogP contribution is 2.18. The van der Waals surface area contributed by atoms with Crippen LogP contribution in [0.1, 0.15) is 23.7 Å². The number of methoxy groups -OCH3 is 1. The Morgan fingerprint density at radius 1 is 1.21 bits per heavy atom. The molecule has 0 fully saturated rings. The first-order valence-electron chi connectivity index (χ1n) is 6.19. The van der Waals surface area contributed by atoms with Gasteiger partial charge in [-0.3, -0.25) is 4.98 Å². The van der Waals surface area contributed by atoms with Crippen molar-refractivity contribution in [2.75, 3.05) is 7.11 Å². The molecule has 19 heavy (non-hydrogen) atoms. The highest BCUT2D eigenvalue weighted by atomic mass is 79.9. The number of ether oxygens (including phenoxy) is 1. The summed E-state index contributed by atoms with van der Waals surface area (Å²) < 4.78 is 6.11. The zero-order valence-corrected chi connectivity index (χ0v) is 12.4. The number of nitrogens with two attached hydrogens (primary N) is 1. The average Bonchev–Trinajstić information content (AvgIpc) is 2.46. The minimum Gasteiger partial charge on any atom is -0.497 e. The summed E-state index contributed by atoms with van der Waals surface area (Å²) >= 11 is 3.37. The van der Waals surface area contributed by atoms with Gasteiger partial charge in [-0.2, -0.15) is 0 Å². The smallest absolute Gasteiger partial charge is 0.118 e. The highest BCUT2D eigenvalue weighted by Gasteiger charge is 2.07. The van der Waals surface area contributed by atoms with E-state index in [-0.39, 0.29) is 6.04 Å². The SMILES string of the molecule is COc1ccc(CCC(N)c2ccc(Br)cn2)cc1. The molecule has 2 rings (SSSR count). The van der Waals surface area contributed by atoms with Crippen LogP contribution < -0.4 is 10.5 Å². The van der Waals surface area contributed by atoms with Crippen LogP contribution in [0, 0.1) is 0 Å². The molecule has 2 aromatic rings. The van der Waals surface area contributed by atoms with Crippen LogP contribution in [0.4, 0.5) is 0 Å². The van der Waals surface area contributed by atoms with Gasteiger partial charge >= 0.3 is 0 Å². The van der Waals surface area contributed by atoms with Crippen LogP contribution in [-0.2, 0) is 6.42 Å². The Hall–Kier alpha value is -1.39. The number of pyridine rings is 1. The summed E-state index contributed by atoms with van der Waals surface area (Å²) in [6.45, 7) is 0. The van der Waals surface area contributed by atoms with Crippen molar-refractivity contribution in [3.63, 3.8) is 0 Å². The van der Waals surface area contributed by atoms with Gasteiger partial charge in [0.05, 0.1) is 12.8 Å². The van der Waals surface area contributed by atoms with Gasteiger partial charge in [0, 0.05) is 16.7 Å². The Balaban J connectivity index is 1.92. The van der Waals surface area contributed by atoms with Crippen LogP contribution in [0.2, 0.25) is 0 Å². The van der Waals surface area contributed by atoms with Crippen LogP contribution in [-0.4, -0.2) is 12.1 Å². The Morgan fingerprint density at radius 3 is 2.53 bits per heavy atom. The minimum absolute atomic E-state index is 0.0322. The molecule has 1 unspecified atom stereocenters. The highest BCUT2D eigenvalue weighted by molar-refractivity contribution is 9.10. The van der Waals surface area contributed by atoms with Gasteiger partial charge < -0.3 is 10.5 Å². The van der Waals surface area contributed by atoms with Gasteiger partial charge in [-0.25, -0.2) is 0 Å². The van der Waals surface area contributed by atoms with E-state index in [4.69, 9.17) is 10.5 Å². The number of aryl methyl sites for hydroxylation is 1. The molecule has 1 aromatic heterocycles. The lowest BCUT2D eigenvalue weighted by atomic mass is 10.0. The van der Waals surface area contributed by atoms with E-state index in [2.05, 4.69) is 33.0 Å². The predicted molar refractivity (Wildman–Crippen MR) is 80.2 cm³/mol. The van der Waals surface area contributed by atoms with Crippen molar-refractivity contribution in [1.29, 1.82) is 0 Å². The molecule has 0 bridgehead atoms. The molecule has 0 saturated carbocycles. The van der Waals surface area contributed by atoms with E-state index in [0.717, 1.165) is 28.8 Å². The van der Waals surface area contributed by atoms with E-state index in [1.54, 1.807) is 13.3 Å². The summed E-state index contributed by atoms with van der Waals surface area (Å²) in [6.07, 6.45) is 3.59. The van der Waals surface area contributed by atoms with Crippen LogP contribution in [0.15, 0.2) is 47.1 Å². The number of hydrogen-bond acceptors (Lipinski definition) is 3. The second kappa shape index (κ2) is 6.68. The van der Waals surface area contributed by atoms with E-state index in [1.165, 1.54) is 5.56 Å². The summed E-state index contributed by atoms with van der Waals surface area (Å²) in [5.74, 6) is 0.877. The van der Waals surface area contributed by atoms with Crippen molar-refractivity contribution in [2.24, 2.45) is 5.73 Å². The standard InChI is InChI=1S/C15H17BrN2O/c1-19-13-6-2-11(3-7-13)4-8-14(17)15-9-5-12(16)10-18-15/h2-3,5-7,9-10,14H,4,8,17H2,1H3. The first-order valence-corrected chi connectivity index (χ1v) is 6.98. The first-order chi connectivity index (χ1) is 9.19. The summed E-state index contributed by atoms with van der Waals surface area (Å²) in [6, 6.07) is 12.0. The molecular weight excluding hydrogens is 304 g/mol. The summed E-state index contributed by atoms with van der Waals surface area (Å²) in [4.78, 5) is 4.33. The molecule has 100 valence electrons. The molecule has 0 radical (unpaired) electrons. The summed E-state index contributed by atoms with van der Waals surface area (Å²) in [7, 11) is 1.67. The first kappa shape index (κ1) is 14.0. The number of hydrogen-bond donors (Lipinski definition) is 1. The maximum atomic E-state index is 6.15. The molecule has 0 saturated heterocycles. The predicted octanol–water partition coefficient (Wildman–Crippen LogP) is 3.49. The second-order valence-electron chi connectivity index (χ2n) is 4.39. The largest absolute Gasteiger partial charge is 0.497 e. The number of halogens is 1.